The number of ether oxygens (including phenoxy) is 1. The molecule has 0 atom stereocenters. The molecule has 3 rings (SSSR count). The Hall–Kier alpha value is -3.12. The number of imidazole rings is 1. The highest BCUT2D eigenvalue weighted by molar-refractivity contribution is 5.80. The maximum absolute atomic E-state index is 5.38. The predicted octanol–water partition coefficient (Wildman–Crippen LogP) is 4.08. The predicted molar refractivity (Wildman–Crippen MR) is 127 cm³/mol. The van der Waals surface area contributed by atoms with Crippen LogP contribution in [0.1, 0.15) is 30.9 Å². The molecule has 3 aromatic rings. The molecule has 31 heavy (non-hydrogen) atoms. The van der Waals surface area contributed by atoms with Crippen LogP contribution < -0.4 is 10.6 Å². The van der Waals surface area contributed by atoms with Gasteiger partial charge in [-0.15, -0.1) is 0 Å². The largest absolute Gasteiger partial charge is 0.382 e. The van der Waals surface area contributed by atoms with Gasteiger partial charge < -0.3 is 19.9 Å². The summed E-state index contributed by atoms with van der Waals surface area (Å²) in [6.45, 7) is 6.05. The van der Waals surface area contributed by atoms with Crippen molar-refractivity contribution in [1.29, 1.82) is 0 Å². The van der Waals surface area contributed by atoms with E-state index in [4.69, 9.17) is 4.74 Å². The third-order valence-corrected chi connectivity index (χ3v) is 5.09. The Labute approximate surface area is 185 Å². The van der Waals surface area contributed by atoms with Crippen molar-refractivity contribution in [3.05, 3.63) is 78.4 Å². The van der Waals surface area contributed by atoms with E-state index < -0.39 is 0 Å². The number of unbranched alkanes of at least 4 members (excludes halogenated alkanes) is 1. The van der Waals surface area contributed by atoms with Crippen LogP contribution in [-0.4, -0.2) is 42.3 Å². The monoisotopic (exact) mass is 419 g/mol. The molecule has 0 amide bonds. The van der Waals surface area contributed by atoms with Gasteiger partial charge in [0.15, 0.2) is 5.96 Å². The van der Waals surface area contributed by atoms with Gasteiger partial charge in [-0.25, -0.2) is 4.98 Å². The molecule has 2 N–H and O–H groups in total. The van der Waals surface area contributed by atoms with E-state index in [1.165, 1.54) is 22.3 Å². The van der Waals surface area contributed by atoms with Crippen molar-refractivity contribution in [3.63, 3.8) is 0 Å². The van der Waals surface area contributed by atoms with Gasteiger partial charge in [-0.2, -0.15) is 0 Å². The summed E-state index contributed by atoms with van der Waals surface area (Å²) in [7, 11) is 1.81. The molecule has 0 spiro atoms. The van der Waals surface area contributed by atoms with E-state index in [0.29, 0.717) is 6.54 Å². The van der Waals surface area contributed by atoms with Gasteiger partial charge in [0.25, 0.3) is 0 Å². The SMILES string of the molecule is CCOCCCCNC(=NC)NCc1ccccc1-c1ccc(Cn2ccnc2)cc1. The molecule has 0 aliphatic carbocycles. The molecular weight excluding hydrogens is 386 g/mol. The summed E-state index contributed by atoms with van der Waals surface area (Å²) in [5.74, 6) is 0.821. The molecule has 2 aromatic carbocycles. The summed E-state index contributed by atoms with van der Waals surface area (Å²) in [5.41, 5.74) is 4.94. The number of nitrogens with zero attached hydrogens (tertiary/aromatic N) is 3. The highest BCUT2D eigenvalue weighted by atomic mass is 16.5. The number of aromatic nitrogens is 2. The summed E-state index contributed by atoms with van der Waals surface area (Å²) >= 11 is 0. The lowest BCUT2D eigenvalue weighted by molar-refractivity contribution is 0.143. The van der Waals surface area contributed by atoms with Crippen LogP contribution in [0, 0.1) is 0 Å². The normalized spacial score (nSPS) is 11.5. The minimum atomic E-state index is 0.714. The van der Waals surface area contributed by atoms with E-state index in [-0.39, 0.29) is 0 Å². The van der Waals surface area contributed by atoms with Crippen molar-refractivity contribution in [2.75, 3.05) is 26.8 Å². The van der Waals surface area contributed by atoms with Crippen LogP contribution in [-0.2, 0) is 17.8 Å². The number of rotatable bonds is 11. The number of aliphatic imine (C=N–C) groups is 1. The second kappa shape index (κ2) is 12.5. The molecule has 0 aliphatic rings. The van der Waals surface area contributed by atoms with Crippen LogP contribution in [0.3, 0.4) is 0 Å². The van der Waals surface area contributed by atoms with Crippen molar-refractivity contribution < 1.29 is 4.74 Å². The van der Waals surface area contributed by atoms with Crippen LogP contribution in [0.15, 0.2) is 72.2 Å². The van der Waals surface area contributed by atoms with Crippen LogP contribution in [0.25, 0.3) is 11.1 Å². The highest BCUT2D eigenvalue weighted by Crippen LogP contribution is 2.24. The van der Waals surface area contributed by atoms with E-state index in [1.54, 1.807) is 13.2 Å². The standard InChI is InChI=1S/C25H33N5O/c1-3-31-17-7-6-14-28-25(26-2)29-18-23-8-4-5-9-24(23)22-12-10-21(11-13-22)19-30-16-15-27-20-30/h4-5,8-13,15-16,20H,3,6-7,14,17-19H2,1-2H3,(H2,26,28,29). The van der Waals surface area contributed by atoms with Gasteiger partial charge in [-0.3, -0.25) is 4.99 Å². The molecule has 1 aromatic heterocycles. The number of guanidine groups is 1. The fourth-order valence-corrected chi connectivity index (χ4v) is 3.42. The van der Waals surface area contributed by atoms with E-state index in [2.05, 4.69) is 73.7 Å². The zero-order valence-corrected chi connectivity index (χ0v) is 18.6. The van der Waals surface area contributed by atoms with Crippen LogP contribution in [0.4, 0.5) is 0 Å². The van der Waals surface area contributed by atoms with Gasteiger partial charge in [0, 0.05) is 52.3 Å². The second-order valence-electron chi connectivity index (χ2n) is 7.35. The lowest BCUT2D eigenvalue weighted by atomic mass is 9.98. The molecule has 0 fully saturated rings. The van der Waals surface area contributed by atoms with E-state index in [9.17, 15) is 0 Å². The summed E-state index contributed by atoms with van der Waals surface area (Å²) in [6, 6.07) is 17.3. The highest BCUT2D eigenvalue weighted by Gasteiger charge is 2.06. The van der Waals surface area contributed by atoms with Gasteiger partial charge in [-0.1, -0.05) is 48.5 Å². The van der Waals surface area contributed by atoms with E-state index >= 15 is 0 Å². The molecule has 1 heterocycles. The molecule has 0 unspecified atom stereocenters. The van der Waals surface area contributed by atoms with E-state index in [0.717, 1.165) is 45.1 Å². The third kappa shape index (κ3) is 7.26. The number of nitrogens with one attached hydrogen (secondary N) is 2. The zero-order chi connectivity index (χ0) is 21.7. The number of benzene rings is 2. The van der Waals surface area contributed by atoms with Gasteiger partial charge in [0.2, 0.25) is 0 Å². The number of hydrogen-bond donors (Lipinski definition) is 2. The average Bonchev–Trinajstić information content (AvgIpc) is 3.32. The smallest absolute Gasteiger partial charge is 0.191 e. The second-order valence-corrected chi connectivity index (χ2v) is 7.35. The zero-order valence-electron chi connectivity index (χ0n) is 18.6. The fraction of sp³-hybridized carbons (Fsp3) is 0.360. The minimum Gasteiger partial charge on any atom is -0.382 e. The van der Waals surface area contributed by atoms with Crippen molar-refractivity contribution in [3.8, 4) is 11.1 Å². The average molecular weight is 420 g/mol. The summed E-state index contributed by atoms with van der Waals surface area (Å²) in [4.78, 5) is 8.45. The Morgan fingerprint density at radius 3 is 2.65 bits per heavy atom. The van der Waals surface area contributed by atoms with Crippen LogP contribution in [0.5, 0.6) is 0 Å². The van der Waals surface area contributed by atoms with Crippen molar-refractivity contribution >= 4 is 5.96 Å². The van der Waals surface area contributed by atoms with Gasteiger partial charge in [-0.05, 0) is 42.0 Å². The topological polar surface area (TPSA) is 63.5 Å². The Bertz CT molecular complexity index is 919. The first-order valence-corrected chi connectivity index (χ1v) is 11.0. The molecule has 164 valence electrons. The molecule has 0 bridgehead atoms. The quantitative estimate of drug-likeness (QED) is 0.279. The van der Waals surface area contributed by atoms with E-state index in [1.807, 2.05) is 19.4 Å². The molecule has 6 nitrogen and oxygen atoms in total. The van der Waals surface area contributed by atoms with Crippen LogP contribution in [0.2, 0.25) is 0 Å². The molecule has 0 saturated carbocycles. The third-order valence-electron chi connectivity index (χ3n) is 5.09. The Morgan fingerprint density at radius 1 is 1.06 bits per heavy atom. The lowest BCUT2D eigenvalue weighted by Crippen LogP contribution is -2.37. The first kappa shape index (κ1) is 22.6. The maximum atomic E-state index is 5.38. The van der Waals surface area contributed by atoms with Crippen molar-refractivity contribution in [1.82, 2.24) is 20.2 Å². The Kier molecular flexibility index (Phi) is 9.13. The Morgan fingerprint density at radius 2 is 1.90 bits per heavy atom. The number of hydrogen-bond acceptors (Lipinski definition) is 3. The molecular formula is C25H33N5O. The maximum Gasteiger partial charge on any atom is 0.191 e. The van der Waals surface area contributed by atoms with Crippen molar-refractivity contribution in [2.45, 2.75) is 32.9 Å². The first-order chi connectivity index (χ1) is 15.3. The summed E-state index contributed by atoms with van der Waals surface area (Å²) in [6.07, 6.45) is 7.74. The van der Waals surface area contributed by atoms with Gasteiger partial charge in [0.1, 0.15) is 0 Å². The van der Waals surface area contributed by atoms with Crippen molar-refractivity contribution in [2.24, 2.45) is 4.99 Å². The minimum absolute atomic E-state index is 0.714. The lowest BCUT2D eigenvalue weighted by Gasteiger charge is -2.15. The summed E-state index contributed by atoms with van der Waals surface area (Å²) < 4.78 is 7.45. The molecule has 0 saturated heterocycles. The molecule has 0 aliphatic heterocycles. The summed E-state index contributed by atoms with van der Waals surface area (Å²) in [5, 5.41) is 6.82. The Balaban J connectivity index is 1.56. The first-order valence-electron chi connectivity index (χ1n) is 11.0. The van der Waals surface area contributed by atoms with Crippen LogP contribution >= 0.6 is 0 Å². The van der Waals surface area contributed by atoms with Gasteiger partial charge >= 0.3 is 0 Å². The fourth-order valence-electron chi connectivity index (χ4n) is 3.42. The molecule has 0 radical (unpaired) electrons. The molecule has 6 heteroatoms. The van der Waals surface area contributed by atoms with Gasteiger partial charge in [0.05, 0.1) is 6.33 Å².